The number of nitrogens with zero attached hydrogens (tertiary/aromatic N) is 2. The van der Waals surface area contributed by atoms with E-state index in [1.54, 1.807) is 58.8 Å². The van der Waals surface area contributed by atoms with Crippen LogP contribution in [0, 0.1) is 0 Å². The molecular weight excluding hydrogens is 284 g/mol. The molecule has 1 aromatic carbocycles. The van der Waals surface area contributed by atoms with Crippen LogP contribution in [-0.2, 0) is 7.05 Å². The van der Waals surface area contributed by atoms with Crippen LogP contribution in [0.1, 0.15) is 16.1 Å². The molecule has 22 heavy (non-hydrogen) atoms. The molecule has 0 bridgehead atoms. The normalized spacial score (nSPS) is 10.7. The van der Waals surface area contributed by atoms with Gasteiger partial charge >= 0.3 is 0 Å². The molecule has 0 aliphatic heterocycles. The van der Waals surface area contributed by atoms with Gasteiger partial charge < -0.3 is 14.2 Å². The van der Waals surface area contributed by atoms with Crippen molar-refractivity contribution in [2.45, 2.75) is 0 Å². The van der Waals surface area contributed by atoms with Crippen molar-refractivity contribution in [1.82, 2.24) is 9.78 Å². The Morgan fingerprint density at radius 1 is 1.14 bits per heavy atom. The van der Waals surface area contributed by atoms with Crippen LogP contribution in [0.15, 0.2) is 30.5 Å². The quantitative estimate of drug-likeness (QED) is 0.605. The average molecular weight is 302 g/mol. The van der Waals surface area contributed by atoms with Gasteiger partial charge in [0.2, 0.25) is 11.5 Å². The number of hydrogen-bond donors (Lipinski definition) is 0. The van der Waals surface area contributed by atoms with Crippen LogP contribution >= 0.6 is 0 Å². The van der Waals surface area contributed by atoms with Crippen LogP contribution in [0.3, 0.4) is 0 Å². The molecule has 2 aromatic rings. The summed E-state index contributed by atoms with van der Waals surface area (Å²) in [5, 5.41) is 3.98. The molecule has 0 unspecified atom stereocenters. The van der Waals surface area contributed by atoms with Crippen LogP contribution < -0.4 is 14.2 Å². The zero-order valence-corrected chi connectivity index (χ0v) is 13.0. The Morgan fingerprint density at radius 2 is 1.77 bits per heavy atom. The lowest BCUT2D eigenvalue weighted by Crippen LogP contribution is -2.03. The highest BCUT2D eigenvalue weighted by Crippen LogP contribution is 2.38. The third-order valence-corrected chi connectivity index (χ3v) is 3.19. The number of hydrogen-bond acceptors (Lipinski definition) is 5. The standard InChI is InChI=1S/C16H18N2O4/c1-18-12(7-8-17-18)13(19)6-5-11-9-14(20-2)16(22-4)15(10-11)21-3/h5-10H,1-4H3. The van der Waals surface area contributed by atoms with Gasteiger partial charge in [-0.05, 0) is 29.8 Å². The summed E-state index contributed by atoms with van der Waals surface area (Å²) in [7, 11) is 6.36. The van der Waals surface area contributed by atoms with Gasteiger partial charge in [-0.25, -0.2) is 0 Å². The van der Waals surface area contributed by atoms with E-state index in [4.69, 9.17) is 14.2 Å². The van der Waals surface area contributed by atoms with E-state index in [1.807, 2.05) is 0 Å². The van der Waals surface area contributed by atoms with Crippen molar-refractivity contribution in [3.05, 3.63) is 41.7 Å². The number of benzene rings is 1. The highest BCUT2D eigenvalue weighted by Gasteiger charge is 2.12. The first kappa shape index (κ1) is 15.6. The molecule has 0 saturated carbocycles. The van der Waals surface area contributed by atoms with E-state index < -0.39 is 0 Å². The van der Waals surface area contributed by atoms with Crippen LogP contribution in [0.5, 0.6) is 17.2 Å². The Kier molecular flexibility index (Phi) is 4.83. The second-order valence-corrected chi connectivity index (χ2v) is 4.50. The van der Waals surface area contributed by atoms with E-state index in [2.05, 4.69) is 5.10 Å². The first-order chi connectivity index (χ1) is 10.6. The lowest BCUT2D eigenvalue weighted by molar-refractivity contribution is 0.103. The molecule has 0 N–H and O–H groups in total. The van der Waals surface area contributed by atoms with Gasteiger partial charge in [0, 0.05) is 13.2 Å². The maximum atomic E-state index is 12.1. The van der Waals surface area contributed by atoms with Crippen molar-refractivity contribution in [1.29, 1.82) is 0 Å². The van der Waals surface area contributed by atoms with E-state index in [9.17, 15) is 4.79 Å². The number of carbonyl (C=O) groups is 1. The number of ether oxygens (including phenoxy) is 3. The van der Waals surface area contributed by atoms with Crippen LogP contribution in [0.2, 0.25) is 0 Å². The van der Waals surface area contributed by atoms with Crippen molar-refractivity contribution in [2.24, 2.45) is 7.05 Å². The molecule has 6 nitrogen and oxygen atoms in total. The molecule has 0 amide bonds. The highest BCUT2D eigenvalue weighted by atomic mass is 16.5. The predicted octanol–water partition coefficient (Wildman–Crippen LogP) is 2.34. The maximum absolute atomic E-state index is 12.1. The number of aromatic nitrogens is 2. The summed E-state index contributed by atoms with van der Waals surface area (Å²) < 4.78 is 17.3. The molecule has 116 valence electrons. The monoisotopic (exact) mass is 302 g/mol. The second-order valence-electron chi connectivity index (χ2n) is 4.50. The van der Waals surface area contributed by atoms with Gasteiger partial charge in [0.25, 0.3) is 0 Å². The summed E-state index contributed by atoms with van der Waals surface area (Å²) >= 11 is 0. The van der Waals surface area contributed by atoms with E-state index in [0.29, 0.717) is 22.9 Å². The summed E-state index contributed by atoms with van der Waals surface area (Å²) in [6, 6.07) is 5.21. The van der Waals surface area contributed by atoms with Crippen molar-refractivity contribution in [2.75, 3.05) is 21.3 Å². The van der Waals surface area contributed by atoms with E-state index in [-0.39, 0.29) is 5.78 Å². The average Bonchev–Trinajstić information content (AvgIpc) is 2.97. The summed E-state index contributed by atoms with van der Waals surface area (Å²) in [6.45, 7) is 0. The fourth-order valence-corrected chi connectivity index (χ4v) is 2.07. The smallest absolute Gasteiger partial charge is 0.203 e. The SMILES string of the molecule is COc1cc(C=CC(=O)c2ccnn2C)cc(OC)c1OC. The van der Waals surface area contributed by atoms with Gasteiger partial charge in [-0.3, -0.25) is 9.48 Å². The molecule has 0 radical (unpaired) electrons. The summed E-state index contributed by atoms with van der Waals surface area (Å²) in [5.74, 6) is 1.46. The predicted molar refractivity (Wildman–Crippen MR) is 82.7 cm³/mol. The van der Waals surface area contributed by atoms with Gasteiger partial charge in [0.15, 0.2) is 11.5 Å². The molecule has 6 heteroatoms. The Labute approximate surface area is 128 Å². The van der Waals surface area contributed by atoms with E-state index in [0.717, 1.165) is 5.56 Å². The lowest BCUT2D eigenvalue weighted by atomic mass is 10.1. The fourth-order valence-electron chi connectivity index (χ4n) is 2.07. The topological polar surface area (TPSA) is 62.6 Å². The Hall–Kier alpha value is -2.76. The summed E-state index contributed by atoms with van der Waals surface area (Å²) in [5.41, 5.74) is 1.29. The second kappa shape index (κ2) is 6.80. The van der Waals surface area contributed by atoms with Crippen molar-refractivity contribution < 1.29 is 19.0 Å². The fraction of sp³-hybridized carbons (Fsp3) is 0.250. The summed E-state index contributed by atoms with van der Waals surface area (Å²) in [6.07, 6.45) is 4.76. The largest absolute Gasteiger partial charge is 0.493 e. The molecule has 2 rings (SSSR count). The van der Waals surface area contributed by atoms with Gasteiger partial charge in [-0.1, -0.05) is 6.08 Å². The van der Waals surface area contributed by atoms with Crippen LogP contribution in [0.25, 0.3) is 6.08 Å². The number of aryl methyl sites for hydroxylation is 1. The molecule has 0 saturated heterocycles. The molecule has 0 spiro atoms. The van der Waals surface area contributed by atoms with Gasteiger partial charge in [-0.15, -0.1) is 0 Å². The summed E-state index contributed by atoms with van der Waals surface area (Å²) in [4.78, 5) is 12.1. The minimum atomic E-state index is -0.131. The van der Waals surface area contributed by atoms with E-state index >= 15 is 0 Å². The Morgan fingerprint density at radius 3 is 2.23 bits per heavy atom. The first-order valence-corrected chi connectivity index (χ1v) is 6.61. The molecule has 0 fully saturated rings. The Bertz CT molecular complexity index is 679. The maximum Gasteiger partial charge on any atom is 0.203 e. The van der Waals surface area contributed by atoms with Gasteiger partial charge in [0.1, 0.15) is 5.69 Å². The minimum absolute atomic E-state index is 0.131. The molecule has 0 aliphatic carbocycles. The minimum Gasteiger partial charge on any atom is -0.493 e. The Balaban J connectivity index is 2.31. The zero-order valence-electron chi connectivity index (χ0n) is 13.0. The van der Waals surface area contributed by atoms with Crippen molar-refractivity contribution >= 4 is 11.9 Å². The van der Waals surface area contributed by atoms with Crippen LogP contribution in [0.4, 0.5) is 0 Å². The first-order valence-electron chi connectivity index (χ1n) is 6.61. The third-order valence-electron chi connectivity index (χ3n) is 3.19. The molecule has 0 atom stereocenters. The van der Waals surface area contributed by atoms with Crippen molar-refractivity contribution in [3.8, 4) is 17.2 Å². The molecule has 0 aliphatic rings. The third kappa shape index (κ3) is 3.11. The van der Waals surface area contributed by atoms with Crippen molar-refractivity contribution in [3.63, 3.8) is 0 Å². The van der Waals surface area contributed by atoms with E-state index in [1.165, 1.54) is 10.8 Å². The molecule has 1 aromatic heterocycles. The number of carbonyl (C=O) groups excluding carboxylic acids is 1. The highest BCUT2D eigenvalue weighted by molar-refractivity contribution is 6.05. The number of methoxy groups -OCH3 is 3. The lowest BCUT2D eigenvalue weighted by Gasteiger charge is -2.12. The number of rotatable bonds is 6. The zero-order chi connectivity index (χ0) is 16.1. The van der Waals surface area contributed by atoms with Gasteiger partial charge in [0.05, 0.1) is 21.3 Å². The number of ketones is 1. The van der Waals surface area contributed by atoms with Crippen LogP contribution in [-0.4, -0.2) is 36.9 Å². The number of allylic oxidation sites excluding steroid dienone is 1. The molecule has 1 heterocycles. The molecular formula is C16H18N2O4. The van der Waals surface area contributed by atoms with Gasteiger partial charge in [-0.2, -0.15) is 5.10 Å².